The highest BCUT2D eigenvalue weighted by molar-refractivity contribution is 5.92. The maximum atomic E-state index is 12.9. The van der Waals surface area contributed by atoms with E-state index in [0.717, 1.165) is 5.56 Å². The highest BCUT2D eigenvalue weighted by Crippen LogP contribution is 2.27. The van der Waals surface area contributed by atoms with E-state index in [1.54, 1.807) is 29.2 Å². The number of aryl methyl sites for hydroxylation is 1. The molecule has 0 aliphatic carbocycles. The Labute approximate surface area is 234 Å². The molecular formula is C28H31F3N4O6. The van der Waals surface area contributed by atoms with Crippen LogP contribution in [0.2, 0.25) is 0 Å². The van der Waals surface area contributed by atoms with E-state index in [-0.39, 0.29) is 36.4 Å². The number of likely N-dealkylation sites (tertiary alicyclic amines) is 1. The molecule has 2 aliphatic rings. The zero-order valence-electron chi connectivity index (χ0n) is 22.6. The summed E-state index contributed by atoms with van der Waals surface area (Å²) in [5.41, 5.74) is 1.55. The predicted molar refractivity (Wildman–Crippen MR) is 139 cm³/mol. The normalized spacial score (nSPS) is 20.5. The third kappa shape index (κ3) is 7.74. The van der Waals surface area contributed by atoms with Gasteiger partial charge in [-0.1, -0.05) is 29.8 Å². The van der Waals surface area contributed by atoms with Crippen molar-refractivity contribution in [3.63, 3.8) is 0 Å². The fourth-order valence-corrected chi connectivity index (χ4v) is 4.77. The summed E-state index contributed by atoms with van der Waals surface area (Å²) in [7, 11) is 0. The third-order valence-electron chi connectivity index (χ3n) is 6.94. The Morgan fingerprint density at radius 2 is 1.85 bits per heavy atom. The second kappa shape index (κ2) is 12.6. The zero-order chi connectivity index (χ0) is 29.7. The van der Waals surface area contributed by atoms with Gasteiger partial charge in [-0.25, -0.2) is 4.98 Å². The first-order valence-electron chi connectivity index (χ1n) is 13.3. The molecule has 2 fully saturated rings. The minimum absolute atomic E-state index is 0.0795. The average molecular weight is 577 g/mol. The molecule has 4 rings (SSSR count). The number of piperidine rings is 1. The molecule has 2 N–H and O–H groups in total. The van der Waals surface area contributed by atoms with Gasteiger partial charge in [-0.05, 0) is 44.4 Å². The second-order valence-electron chi connectivity index (χ2n) is 10.2. The number of rotatable bonds is 8. The number of carbonyl (C=O) groups excluding carboxylic acids is 4. The molecule has 2 saturated heterocycles. The van der Waals surface area contributed by atoms with E-state index >= 15 is 0 Å². The largest absolute Gasteiger partial charge is 0.482 e. The fourth-order valence-electron chi connectivity index (χ4n) is 4.77. The molecule has 13 heteroatoms. The Bertz CT molecular complexity index is 1270. The quantitative estimate of drug-likeness (QED) is 0.463. The Balaban J connectivity index is 1.39. The van der Waals surface area contributed by atoms with Crippen molar-refractivity contribution < 1.29 is 41.8 Å². The lowest BCUT2D eigenvalue weighted by atomic mass is 10.0. The van der Waals surface area contributed by atoms with Crippen molar-refractivity contribution >= 4 is 23.7 Å². The summed E-state index contributed by atoms with van der Waals surface area (Å²) < 4.78 is 49.6. The smallest absolute Gasteiger partial charge is 0.471 e. The molecular weight excluding hydrogens is 545 g/mol. The van der Waals surface area contributed by atoms with Crippen LogP contribution in [0.5, 0.6) is 5.75 Å². The summed E-state index contributed by atoms with van der Waals surface area (Å²) >= 11 is 0. The van der Waals surface area contributed by atoms with Gasteiger partial charge < -0.3 is 25.0 Å². The van der Waals surface area contributed by atoms with Crippen molar-refractivity contribution in [1.82, 2.24) is 20.5 Å². The maximum absolute atomic E-state index is 12.9. The number of hydrogen-bond donors (Lipinski definition) is 2. The van der Waals surface area contributed by atoms with Gasteiger partial charge in [0.2, 0.25) is 0 Å². The number of aromatic nitrogens is 1. The predicted octanol–water partition coefficient (Wildman–Crippen LogP) is 3.00. The van der Waals surface area contributed by atoms with Gasteiger partial charge in [0.1, 0.15) is 17.5 Å². The van der Waals surface area contributed by atoms with Gasteiger partial charge in [-0.2, -0.15) is 13.2 Å². The van der Waals surface area contributed by atoms with Gasteiger partial charge >= 0.3 is 18.1 Å². The average Bonchev–Trinajstić information content (AvgIpc) is 3.38. The van der Waals surface area contributed by atoms with Crippen LogP contribution >= 0.6 is 0 Å². The van der Waals surface area contributed by atoms with Crippen molar-refractivity contribution in [1.29, 1.82) is 0 Å². The molecule has 3 amide bonds. The molecule has 1 aromatic heterocycles. The first-order valence-corrected chi connectivity index (χ1v) is 13.3. The molecule has 0 unspecified atom stereocenters. The number of amides is 3. The van der Waals surface area contributed by atoms with E-state index in [2.05, 4.69) is 10.3 Å². The van der Waals surface area contributed by atoms with Gasteiger partial charge in [0.25, 0.3) is 11.8 Å². The summed E-state index contributed by atoms with van der Waals surface area (Å²) in [5.74, 6) is -3.03. The topological polar surface area (TPSA) is 127 Å². The van der Waals surface area contributed by atoms with Gasteiger partial charge in [0.15, 0.2) is 6.10 Å². The van der Waals surface area contributed by atoms with Crippen LogP contribution < -0.4 is 15.4 Å². The Morgan fingerprint density at radius 3 is 2.46 bits per heavy atom. The number of nitrogens with zero attached hydrogens (tertiary/aromatic N) is 2. The van der Waals surface area contributed by atoms with Crippen LogP contribution in [0, 0.1) is 6.92 Å². The number of alkyl halides is 3. The van der Waals surface area contributed by atoms with Crippen LogP contribution in [0.1, 0.15) is 60.3 Å². The van der Waals surface area contributed by atoms with Crippen molar-refractivity contribution in [3.8, 4) is 5.75 Å². The van der Waals surface area contributed by atoms with Gasteiger partial charge in [-0.3, -0.25) is 19.2 Å². The molecule has 2 aliphatic heterocycles. The molecule has 4 atom stereocenters. The molecule has 0 saturated carbocycles. The van der Waals surface area contributed by atoms with Gasteiger partial charge in [-0.15, -0.1) is 0 Å². The van der Waals surface area contributed by atoms with Crippen LogP contribution in [0.25, 0.3) is 0 Å². The van der Waals surface area contributed by atoms with E-state index in [4.69, 9.17) is 9.47 Å². The Hall–Kier alpha value is -4.16. The number of pyridine rings is 1. The van der Waals surface area contributed by atoms with Crippen LogP contribution in [0.4, 0.5) is 13.2 Å². The lowest BCUT2D eigenvalue weighted by molar-refractivity contribution is -0.174. The van der Waals surface area contributed by atoms with Crippen LogP contribution in [0.15, 0.2) is 42.6 Å². The number of benzene rings is 1. The summed E-state index contributed by atoms with van der Waals surface area (Å²) in [6.07, 6.45) is -3.65. The standard InChI is InChI=1S/C28H31F3N4O6/c1-16-5-7-18(8-6-16)24(17(2)33-27(39)28(29,30)31)40-20-9-10-21(32-14-20)25(37)34-19-4-3-13-35(15-19)26(38)22-11-12-23(36)41-22/h5-10,14,17,19,22,24H,3-4,11-13,15H2,1-2H3,(H,33,39)(H,34,37)/t17-,19+,22+,24-/m0/s1. The number of carbonyl (C=O) groups is 4. The second-order valence-corrected chi connectivity index (χ2v) is 10.2. The Kier molecular flexibility index (Phi) is 9.14. The number of esters is 1. The molecule has 2 aromatic rings. The maximum Gasteiger partial charge on any atom is 0.471 e. The van der Waals surface area contributed by atoms with Crippen molar-refractivity contribution in [3.05, 3.63) is 59.4 Å². The van der Waals surface area contributed by atoms with Crippen LogP contribution in [0.3, 0.4) is 0 Å². The first kappa shape index (κ1) is 29.8. The number of cyclic esters (lactones) is 1. The van der Waals surface area contributed by atoms with Crippen LogP contribution in [-0.2, 0) is 19.1 Å². The summed E-state index contributed by atoms with van der Waals surface area (Å²) in [6.45, 7) is 4.04. The highest BCUT2D eigenvalue weighted by Gasteiger charge is 2.40. The van der Waals surface area contributed by atoms with E-state index in [0.29, 0.717) is 31.4 Å². The minimum Gasteiger partial charge on any atom is -0.482 e. The van der Waals surface area contributed by atoms with E-state index in [1.165, 1.54) is 25.3 Å². The van der Waals surface area contributed by atoms with Crippen molar-refractivity contribution in [2.45, 2.75) is 70.0 Å². The van der Waals surface area contributed by atoms with Gasteiger partial charge in [0, 0.05) is 32.0 Å². The van der Waals surface area contributed by atoms with E-state index in [9.17, 15) is 32.3 Å². The molecule has 0 spiro atoms. The monoisotopic (exact) mass is 576 g/mol. The molecule has 220 valence electrons. The van der Waals surface area contributed by atoms with Crippen molar-refractivity contribution in [2.24, 2.45) is 0 Å². The molecule has 10 nitrogen and oxygen atoms in total. The third-order valence-corrected chi connectivity index (χ3v) is 6.94. The van der Waals surface area contributed by atoms with Crippen molar-refractivity contribution in [2.75, 3.05) is 13.1 Å². The van der Waals surface area contributed by atoms with Crippen LogP contribution in [-0.4, -0.2) is 71.0 Å². The first-order chi connectivity index (χ1) is 19.4. The summed E-state index contributed by atoms with van der Waals surface area (Å²) in [5, 5.41) is 4.80. The summed E-state index contributed by atoms with van der Waals surface area (Å²) in [6, 6.07) is 8.44. The lowest BCUT2D eigenvalue weighted by Crippen LogP contribution is -2.52. The Morgan fingerprint density at radius 1 is 1.12 bits per heavy atom. The number of nitrogens with one attached hydrogen (secondary N) is 2. The number of hydrogen-bond acceptors (Lipinski definition) is 7. The number of halogens is 3. The highest BCUT2D eigenvalue weighted by atomic mass is 19.4. The molecule has 41 heavy (non-hydrogen) atoms. The number of ether oxygens (including phenoxy) is 2. The zero-order valence-corrected chi connectivity index (χ0v) is 22.6. The lowest BCUT2D eigenvalue weighted by Gasteiger charge is -2.34. The van der Waals surface area contributed by atoms with Gasteiger partial charge in [0.05, 0.1) is 12.2 Å². The summed E-state index contributed by atoms with van der Waals surface area (Å²) in [4.78, 5) is 54.2. The fraction of sp³-hybridized carbons (Fsp3) is 0.464. The molecule has 3 heterocycles. The van der Waals surface area contributed by atoms with E-state index < -0.39 is 42.2 Å². The van der Waals surface area contributed by atoms with E-state index in [1.807, 2.05) is 12.2 Å². The molecule has 1 aromatic carbocycles. The minimum atomic E-state index is -5.05. The SMILES string of the molecule is Cc1ccc([C@@H](Oc2ccc(C(=O)N[C@@H]3CCCN(C(=O)[C@H]4CCC(=O)O4)C3)nc2)[C@H](C)NC(=O)C(F)(F)F)cc1. The molecule has 0 bridgehead atoms. The molecule has 0 radical (unpaired) electrons.